The average Bonchev–Trinajstić information content (AvgIpc) is 3.05. The molecule has 0 spiro atoms. The summed E-state index contributed by atoms with van der Waals surface area (Å²) in [6.07, 6.45) is 4.02. The number of methoxy groups -OCH3 is 2. The lowest BCUT2D eigenvalue weighted by molar-refractivity contribution is -0.136. The molecule has 0 fully saturated rings. The molecule has 6 nitrogen and oxygen atoms in total. The highest BCUT2D eigenvalue weighted by Gasteiger charge is 2.36. The van der Waals surface area contributed by atoms with Gasteiger partial charge in [0.15, 0.2) is 0 Å². The third-order valence-electron chi connectivity index (χ3n) is 5.24. The van der Waals surface area contributed by atoms with Gasteiger partial charge in [0.2, 0.25) is 0 Å². The Bertz CT molecular complexity index is 1050. The van der Waals surface area contributed by atoms with Crippen molar-refractivity contribution in [2.24, 2.45) is 0 Å². The first-order valence-corrected chi connectivity index (χ1v) is 10.3. The Balaban J connectivity index is 1.84. The Hall–Kier alpha value is -3.80. The summed E-state index contributed by atoms with van der Waals surface area (Å²) in [5.74, 6) is 0.732. The van der Waals surface area contributed by atoms with E-state index in [1.165, 1.54) is 7.11 Å². The van der Waals surface area contributed by atoms with E-state index in [1.807, 2.05) is 48.5 Å². The maximum Gasteiger partial charge on any atom is 0.340 e. The zero-order valence-electron chi connectivity index (χ0n) is 18.6. The van der Waals surface area contributed by atoms with Gasteiger partial charge in [-0.1, -0.05) is 36.9 Å². The number of carbonyl (C=O) groups excluding carboxylic acids is 2. The van der Waals surface area contributed by atoms with Crippen molar-refractivity contribution in [3.63, 3.8) is 0 Å². The van der Waals surface area contributed by atoms with E-state index in [2.05, 4.69) is 6.58 Å². The molecule has 0 radical (unpaired) electrons. The van der Waals surface area contributed by atoms with Crippen LogP contribution in [-0.4, -0.2) is 44.1 Å². The van der Waals surface area contributed by atoms with Crippen LogP contribution in [0, 0.1) is 0 Å². The normalized spacial score (nSPS) is 14.7. The molecule has 1 aliphatic rings. The van der Waals surface area contributed by atoms with Gasteiger partial charge in [-0.2, -0.15) is 0 Å². The fourth-order valence-electron chi connectivity index (χ4n) is 3.51. The molecule has 2 aromatic carbocycles. The van der Waals surface area contributed by atoms with Crippen molar-refractivity contribution in [1.29, 1.82) is 0 Å². The summed E-state index contributed by atoms with van der Waals surface area (Å²) >= 11 is 0. The number of rotatable bonds is 9. The quantitative estimate of drug-likeness (QED) is 0.337. The molecule has 0 N–H and O–H groups in total. The molecular formula is C26H27NO5. The first-order chi connectivity index (χ1) is 15.5. The van der Waals surface area contributed by atoms with E-state index >= 15 is 0 Å². The third-order valence-corrected chi connectivity index (χ3v) is 5.24. The molecule has 166 valence electrons. The number of allylic oxidation sites excluding steroid dienone is 1. The van der Waals surface area contributed by atoms with Gasteiger partial charge >= 0.3 is 5.97 Å². The first-order valence-electron chi connectivity index (χ1n) is 10.3. The predicted octanol–water partition coefficient (Wildman–Crippen LogP) is 4.18. The topological polar surface area (TPSA) is 65.1 Å². The monoisotopic (exact) mass is 433 g/mol. The van der Waals surface area contributed by atoms with Gasteiger partial charge in [0.25, 0.3) is 5.91 Å². The maximum atomic E-state index is 13.2. The number of hydrogen-bond acceptors (Lipinski definition) is 5. The van der Waals surface area contributed by atoms with Crippen LogP contribution in [-0.2, 0) is 20.7 Å². The van der Waals surface area contributed by atoms with Crippen molar-refractivity contribution in [2.45, 2.75) is 13.3 Å². The summed E-state index contributed by atoms with van der Waals surface area (Å²) in [6.45, 7) is 6.26. The Labute approximate surface area is 188 Å². The van der Waals surface area contributed by atoms with Crippen LogP contribution in [0.2, 0.25) is 0 Å². The van der Waals surface area contributed by atoms with E-state index in [9.17, 15) is 9.59 Å². The van der Waals surface area contributed by atoms with Crippen molar-refractivity contribution in [3.8, 4) is 11.5 Å². The van der Waals surface area contributed by atoms with Crippen molar-refractivity contribution < 1.29 is 23.8 Å². The number of carbonyl (C=O) groups is 2. The van der Waals surface area contributed by atoms with Crippen LogP contribution in [0.5, 0.6) is 11.5 Å². The van der Waals surface area contributed by atoms with Crippen LogP contribution in [0.25, 0.3) is 6.08 Å². The highest BCUT2D eigenvalue weighted by molar-refractivity contribution is 6.16. The number of esters is 1. The third kappa shape index (κ3) is 5.09. The standard InChI is InChI=1S/C26H27NO5/c1-5-16-32-22-12-8-20(9-13-22)17-23-24(26(29)31-4)18(2)27(25(23)28)15-14-19-6-10-21(30-3)11-7-19/h5-13,17H,1,14-16H2,2-4H3/b23-17-. The molecule has 0 aliphatic carbocycles. The van der Waals surface area contributed by atoms with E-state index in [1.54, 1.807) is 31.1 Å². The van der Waals surface area contributed by atoms with Gasteiger partial charge in [-0.15, -0.1) is 0 Å². The highest BCUT2D eigenvalue weighted by atomic mass is 16.5. The lowest BCUT2D eigenvalue weighted by Crippen LogP contribution is -2.27. The SMILES string of the molecule is C=CCOc1ccc(/C=C2\C(=O)N(CCc3ccc(OC)cc3)C(C)=C2C(=O)OC)cc1. The highest BCUT2D eigenvalue weighted by Crippen LogP contribution is 2.32. The van der Waals surface area contributed by atoms with Crippen LogP contribution in [0.1, 0.15) is 18.1 Å². The Morgan fingerprint density at radius 3 is 2.28 bits per heavy atom. The Morgan fingerprint density at radius 1 is 1.03 bits per heavy atom. The van der Waals surface area contributed by atoms with Crippen LogP contribution in [0.4, 0.5) is 0 Å². The Morgan fingerprint density at radius 2 is 1.69 bits per heavy atom. The smallest absolute Gasteiger partial charge is 0.340 e. The molecule has 1 aliphatic heterocycles. The van der Waals surface area contributed by atoms with Gasteiger partial charge < -0.3 is 19.1 Å². The molecule has 0 unspecified atom stereocenters. The summed E-state index contributed by atoms with van der Waals surface area (Å²) in [7, 11) is 2.94. The van der Waals surface area contributed by atoms with E-state index in [-0.39, 0.29) is 5.91 Å². The van der Waals surface area contributed by atoms with Crippen LogP contribution >= 0.6 is 0 Å². The van der Waals surface area contributed by atoms with E-state index in [4.69, 9.17) is 14.2 Å². The number of hydrogen-bond donors (Lipinski definition) is 0. The molecule has 32 heavy (non-hydrogen) atoms. The van der Waals surface area contributed by atoms with Crippen molar-refractivity contribution in [1.82, 2.24) is 4.90 Å². The van der Waals surface area contributed by atoms with Crippen LogP contribution in [0.15, 0.2) is 78.0 Å². The van der Waals surface area contributed by atoms with Crippen molar-refractivity contribution >= 4 is 18.0 Å². The Kier molecular flexibility index (Phi) is 7.49. The second kappa shape index (κ2) is 10.5. The largest absolute Gasteiger partial charge is 0.497 e. The number of ether oxygens (including phenoxy) is 3. The average molecular weight is 434 g/mol. The number of amides is 1. The molecule has 0 bridgehead atoms. The molecule has 2 aromatic rings. The molecule has 0 saturated heterocycles. The minimum atomic E-state index is -0.528. The van der Waals surface area contributed by atoms with Gasteiger partial charge in [-0.3, -0.25) is 4.79 Å². The summed E-state index contributed by atoms with van der Waals surface area (Å²) in [6, 6.07) is 15.0. The molecule has 3 rings (SSSR count). The van der Waals surface area contributed by atoms with Crippen molar-refractivity contribution in [2.75, 3.05) is 27.4 Å². The van der Waals surface area contributed by atoms with Gasteiger partial charge in [0.1, 0.15) is 18.1 Å². The summed E-state index contributed by atoms with van der Waals surface area (Å²) in [4.78, 5) is 27.4. The zero-order valence-corrected chi connectivity index (χ0v) is 18.6. The minimum Gasteiger partial charge on any atom is -0.497 e. The molecule has 0 saturated carbocycles. The first kappa shape index (κ1) is 22.9. The molecule has 0 aromatic heterocycles. The predicted molar refractivity (Wildman–Crippen MR) is 123 cm³/mol. The molecule has 6 heteroatoms. The molecule has 1 heterocycles. The van der Waals surface area contributed by atoms with E-state index in [0.717, 1.165) is 16.9 Å². The van der Waals surface area contributed by atoms with Gasteiger partial charge in [-0.25, -0.2) is 4.79 Å². The maximum absolute atomic E-state index is 13.2. The minimum absolute atomic E-state index is 0.219. The fraction of sp³-hybridized carbons (Fsp3) is 0.231. The summed E-state index contributed by atoms with van der Waals surface area (Å²) < 4.78 is 15.6. The number of nitrogens with zero attached hydrogens (tertiary/aromatic N) is 1. The molecule has 1 amide bonds. The second-order valence-electron chi connectivity index (χ2n) is 7.23. The summed E-state index contributed by atoms with van der Waals surface area (Å²) in [5, 5.41) is 0. The lowest BCUT2D eigenvalue weighted by atomic mass is 10.0. The van der Waals surface area contributed by atoms with E-state index in [0.29, 0.717) is 42.2 Å². The van der Waals surface area contributed by atoms with Gasteiger partial charge in [0, 0.05) is 12.2 Å². The molecular weight excluding hydrogens is 406 g/mol. The second-order valence-corrected chi connectivity index (χ2v) is 7.23. The zero-order chi connectivity index (χ0) is 23.1. The van der Waals surface area contributed by atoms with Crippen LogP contribution in [0.3, 0.4) is 0 Å². The summed E-state index contributed by atoms with van der Waals surface area (Å²) in [5.41, 5.74) is 3.06. The van der Waals surface area contributed by atoms with E-state index < -0.39 is 5.97 Å². The van der Waals surface area contributed by atoms with Gasteiger partial charge in [0.05, 0.1) is 25.4 Å². The lowest BCUT2D eigenvalue weighted by Gasteiger charge is -2.18. The number of benzene rings is 2. The fourth-order valence-corrected chi connectivity index (χ4v) is 3.51. The van der Waals surface area contributed by atoms with Gasteiger partial charge in [-0.05, 0) is 54.8 Å². The van der Waals surface area contributed by atoms with Crippen LogP contribution < -0.4 is 9.47 Å². The van der Waals surface area contributed by atoms with Crippen molar-refractivity contribution in [3.05, 3.63) is 89.2 Å². The molecule has 0 atom stereocenters.